The van der Waals surface area contributed by atoms with Gasteiger partial charge in [-0.15, -0.1) is 0 Å². The summed E-state index contributed by atoms with van der Waals surface area (Å²) in [7, 11) is 0. The Balaban J connectivity index is 2.58. The minimum atomic E-state index is -0.0288. The molecule has 0 saturated carbocycles. The number of hydrogen-bond acceptors (Lipinski definition) is 2. The average molecular weight is 225 g/mol. The zero-order valence-corrected chi connectivity index (χ0v) is 10.3. The van der Waals surface area contributed by atoms with E-state index in [0.29, 0.717) is 5.69 Å². The van der Waals surface area contributed by atoms with Gasteiger partial charge in [-0.05, 0) is 44.5 Å². The van der Waals surface area contributed by atoms with Gasteiger partial charge in [0.15, 0.2) is 0 Å². The van der Waals surface area contributed by atoms with Gasteiger partial charge < -0.3 is 0 Å². The van der Waals surface area contributed by atoms with Crippen LogP contribution in [0.2, 0.25) is 0 Å². The maximum absolute atomic E-state index is 11.9. The van der Waals surface area contributed by atoms with Crippen molar-refractivity contribution < 1.29 is 4.79 Å². The van der Waals surface area contributed by atoms with Crippen molar-refractivity contribution in [1.29, 1.82) is 0 Å². The molecule has 0 bridgehead atoms. The standard InChI is InChI=1S/C15H15NO/c1-10(2)8-15(17)14-9-11(3)12-6-4-5-7-13(12)16-14/h4-9H,1-3H3. The molecule has 1 aromatic carbocycles. The van der Waals surface area contributed by atoms with Crippen molar-refractivity contribution in [2.45, 2.75) is 20.8 Å². The summed E-state index contributed by atoms with van der Waals surface area (Å²) in [5, 5.41) is 1.10. The van der Waals surface area contributed by atoms with E-state index in [4.69, 9.17) is 0 Å². The summed E-state index contributed by atoms with van der Waals surface area (Å²) in [4.78, 5) is 16.3. The zero-order chi connectivity index (χ0) is 12.4. The number of aryl methyl sites for hydroxylation is 1. The average Bonchev–Trinajstić information content (AvgIpc) is 2.28. The van der Waals surface area contributed by atoms with Crippen LogP contribution in [0.25, 0.3) is 10.9 Å². The second kappa shape index (κ2) is 4.50. The third kappa shape index (κ3) is 2.41. The van der Waals surface area contributed by atoms with Crippen molar-refractivity contribution in [2.24, 2.45) is 0 Å². The highest BCUT2D eigenvalue weighted by molar-refractivity contribution is 6.05. The molecule has 0 saturated heterocycles. The van der Waals surface area contributed by atoms with Crippen LogP contribution >= 0.6 is 0 Å². The van der Waals surface area contributed by atoms with Gasteiger partial charge in [-0.1, -0.05) is 23.8 Å². The highest BCUT2D eigenvalue weighted by atomic mass is 16.1. The fourth-order valence-electron chi connectivity index (χ4n) is 1.81. The number of ketones is 1. The third-order valence-corrected chi connectivity index (χ3v) is 2.60. The largest absolute Gasteiger partial charge is 0.288 e. The zero-order valence-electron chi connectivity index (χ0n) is 10.3. The fraction of sp³-hybridized carbons (Fsp3) is 0.200. The first kappa shape index (κ1) is 11.5. The van der Waals surface area contributed by atoms with Crippen molar-refractivity contribution >= 4 is 16.7 Å². The number of benzene rings is 1. The van der Waals surface area contributed by atoms with Crippen molar-refractivity contribution in [3.8, 4) is 0 Å². The molecule has 1 aromatic heterocycles. The Morgan fingerprint density at radius 2 is 1.94 bits per heavy atom. The first-order chi connectivity index (χ1) is 8.08. The molecular formula is C15H15NO. The van der Waals surface area contributed by atoms with Crippen molar-refractivity contribution in [3.63, 3.8) is 0 Å². The maximum atomic E-state index is 11.9. The monoisotopic (exact) mass is 225 g/mol. The Hall–Kier alpha value is -1.96. The predicted molar refractivity (Wildman–Crippen MR) is 70.2 cm³/mol. The van der Waals surface area contributed by atoms with Crippen molar-refractivity contribution in [3.05, 3.63) is 53.2 Å². The van der Waals surface area contributed by atoms with Crippen molar-refractivity contribution in [1.82, 2.24) is 4.98 Å². The Bertz CT molecular complexity index is 607. The molecule has 0 aliphatic rings. The normalized spacial score (nSPS) is 10.3. The van der Waals surface area contributed by atoms with Gasteiger partial charge in [-0.2, -0.15) is 0 Å². The van der Waals surface area contributed by atoms with Crippen LogP contribution < -0.4 is 0 Å². The Morgan fingerprint density at radius 3 is 2.65 bits per heavy atom. The first-order valence-electron chi connectivity index (χ1n) is 5.63. The Kier molecular flexibility index (Phi) is 3.05. The van der Waals surface area contributed by atoms with Crippen LogP contribution in [-0.2, 0) is 0 Å². The summed E-state index contributed by atoms with van der Waals surface area (Å²) in [5.41, 5.74) is 3.46. The molecule has 2 nitrogen and oxygen atoms in total. The van der Waals surface area contributed by atoms with Crippen molar-refractivity contribution in [2.75, 3.05) is 0 Å². The Labute approximate surface area is 101 Å². The van der Waals surface area contributed by atoms with Crippen LogP contribution in [0.4, 0.5) is 0 Å². The molecule has 2 rings (SSSR count). The lowest BCUT2D eigenvalue weighted by Crippen LogP contribution is -2.00. The third-order valence-electron chi connectivity index (χ3n) is 2.60. The Morgan fingerprint density at radius 1 is 1.24 bits per heavy atom. The number of allylic oxidation sites excluding steroid dienone is 2. The van der Waals surface area contributed by atoms with E-state index in [2.05, 4.69) is 4.98 Å². The van der Waals surface area contributed by atoms with E-state index in [1.54, 1.807) is 6.08 Å². The minimum absolute atomic E-state index is 0.0288. The molecule has 0 spiro atoms. The smallest absolute Gasteiger partial charge is 0.204 e. The molecule has 17 heavy (non-hydrogen) atoms. The summed E-state index contributed by atoms with van der Waals surface area (Å²) in [6, 6.07) is 9.72. The number of aromatic nitrogens is 1. The maximum Gasteiger partial charge on any atom is 0.204 e. The number of para-hydroxylation sites is 1. The van der Waals surface area contributed by atoms with E-state index in [-0.39, 0.29) is 5.78 Å². The second-order valence-electron chi connectivity index (χ2n) is 4.43. The van der Waals surface area contributed by atoms with Gasteiger partial charge in [0, 0.05) is 5.39 Å². The lowest BCUT2D eigenvalue weighted by Gasteiger charge is -2.04. The molecule has 0 unspecified atom stereocenters. The van der Waals surface area contributed by atoms with Gasteiger partial charge in [0.25, 0.3) is 0 Å². The van der Waals surface area contributed by atoms with Gasteiger partial charge >= 0.3 is 0 Å². The van der Waals surface area contributed by atoms with Crippen LogP contribution in [-0.4, -0.2) is 10.8 Å². The quantitative estimate of drug-likeness (QED) is 0.576. The highest BCUT2D eigenvalue weighted by Gasteiger charge is 2.07. The SMILES string of the molecule is CC(C)=CC(=O)c1cc(C)c2ccccc2n1. The summed E-state index contributed by atoms with van der Waals surface area (Å²) in [6.07, 6.45) is 1.62. The lowest BCUT2D eigenvalue weighted by atomic mass is 10.1. The summed E-state index contributed by atoms with van der Waals surface area (Å²) in [5.74, 6) is -0.0288. The lowest BCUT2D eigenvalue weighted by molar-refractivity contribution is 0.104. The molecule has 0 atom stereocenters. The molecule has 0 fully saturated rings. The number of carbonyl (C=O) groups is 1. The van der Waals surface area contributed by atoms with Gasteiger partial charge in [0.05, 0.1) is 5.52 Å². The van der Waals surface area contributed by atoms with Gasteiger partial charge in [0.1, 0.15) is 5.69 Å². The van der Waals surface area contributed by atoms with E-state index in [9.17, 15) is 4.79 Å². The molecule has 0 aliphatic carbocycles. The molecular weight excluding hydrogens is 210 g/mol. The minimum Gasteiger partial charge on any atom is -0.288 e. The van der Waals surface area contributed by atoms with Crippen LogP contribution in [0.15, 0.2) is 42.0 Å². The summed E-state index contributed by atoms with van der Waals surface area (Å²) >= 11 is 0. The topological polar surface area (TPSA) is 30.0 Å². The first-order valence-corrected chi connectivity index (χ1v) is 5.63. The van der Waals surface area contributed by atoms with Gasteiger partial charge in [0.2, 0.25) is 5.78 Å². The molecule has 0 radical (unpaired) electrons. The van der Waals surface area contributed by atoms with Crippen LogP contribution in [0.1, 0.15) is 29.9 Å². The molecule has 0 aliphatic heterocycles. The van der Waals surface area contributed by atoms with Crippen LogP contribution in [0.3, 0.4) is 0 Å². The van der Waals surface area contributed by atoms with Crippen LogP contribution in [0, 0.1) is 6.92 Å². The number of fused-ring (bicyclic) bond motifs is 1. The number of hydrogen-bond donors (Lipinski definition) is 0. The van der Waals surface area contributed by atoms with E-state index >= 15 is 0 Å². The summed E-state index contributed by atoms with van der Waals surface area (Å²) < 4.78 is 0. The molecule has 86 valence electrons. The number of rotatable bonds is 2. The molecule has 0 amide bonds. The fourth-order valence-corrected chi connectivity index (χ4v) is 1.81. The summed E-state index contributed by atoms with van der Waals surface area (Å²) in [6.45, 7) is 5.82. The molecule has 2 aromatic rings. The van der Waals surface area contributed by atoms with E-state index in [1.165, 1.54) is 0 Å². The van der Waals surface area contributed by atoms with E-state index in [1.807, 2.05) is 51.1 Å². The van der Waals surface area contributed by atoms with E-state index < -0.39 is 0 Å². The van der Waals surface area contributed by atoms with Gasteiger partial charge in [-0.3, -0.25) is 4.79 Å². The second-order valence-corrected chi connectivity index (χ2v) is 4.43. The van der Waals surface area contributed by atoms with E-state index in [0.717, 1.165) is 22.0 Å². The van der Waals surface area contributed by atoms with Crippen LogP contribution in [0.5, 0.6) is 0 Å². The number of pyridine rings is 1. The molecule has 0 N–H and O–H groups in total. The predicted octanol–water partition coefficient (Wildman–Crippen LogP) is 3.69. The molecule has 2 heteroatoms. The number of nitrogens with zero attached hydrogens (tertiary/aromatic N) is 1. The number of carbonyl (C=O) groups excluding carboxylic acids is 1. The van der Waals surface area contributed by atoms with Gasteiger partial charge in [-0.25, -0.2) is 4.98 Å². The highest BCUT2D eigenvalue weighted by Crippen LogP contribution is 2.17. The molecule has 1 heterocycles.